The summed E-state index contributed by atoms with van der Waals surface area (Å²) in [4.78, 5) is 0. The van der Waals surface area contributed by atoms with E-state index in [1.54, 1.807) is 0 Å². The van der Waals surface area contributed by atoms with Crippen LogP contribution < -0.4 is 5.01 Å². The third-order valence-corrected chi connectivity index (χ3v) is 4.62. The lowest BCUT2D eigenvalue weighted by molar-refractivity contribution is 0.723. The fourth-order valence-electron chi connectivity index (χ4n) is 3.46. The van der Waals surface area contributed by atoms with Gasteiger partial charge in [-0.1, -0.05) is 84.9 Å². The molecule has 0 saturated carbocycles. The van der Waals surface area contributed by atoms with E-state index in [9.17, 15) is 0 Å². The molecule has 122 valence electrons. The van der Waals surface area contributed by atoms with Crippen LogP contribution in [0.3, 0.4) is 0 Å². The van der Waals surface area contributed by atoms with Gasteiger partial charge in [-0.25, -0.2) is 0 Å². The first kappa shape index (κ1) is 15.4. The zero-order valence-electron chi connectivity index (χ0n) is 14.0. The van der Waals surface area contributed by atoms with E-state index in [2.05, 4.69) is 78.3 Å². The third kappa shape index (κ3) is 2.87. The van der Waals surface area contributed by atoms with E-state index in [0.29, 0.717) is 0 Å². The molecule has 25 heavy (non-hydrogen) atoms. The monoisotopic (exact) mass is 324 g/mol. The minimum atomic E-state index is 0.0833. The van der Waals surface area contributed by atoms with Crippen molar-refractivity contribution in [2.75, 3.05) is 5.01 Å². The standard InChI is InChI=1S/C23H20N2/c1-2-21-22(18-12-6-3-7-13-18)23(19-14-8-4-9-15-19)24-25(21)20-16-10-5-11-17-20/h2-17,21-22H,1H2/t21-,22-/m0/s1. The lowest BCUT2D eigenvalue weighted by atomic mass is 9.85. The maximum absolute atomic E-state index is 5.02. The molecule has 2 atom stereocenters. The highest BCUT2D eigenvalue weighted by molar-refractivity contribution is 6.08. The predicted octanol–water partition coefficient (Wildman–Crippen LogP) is 5.25. The Kier molecular flexibility index (Phi) is 4.17. The second-order valence-corrected chi connectivity index (χ2v) is 6.15. The normalized spacial score (nSPS) is 19.5. The average molecular weight is 324 g/mol. The first-order valence-corrected chi connectivity index (χ1v) is 8.54. The fourth-order valence-corrected chi connectivity index (χ4v) is 3.46. The SMILES string of the molecule is C=C[C@H]1[C@H](c2ccccc2)C(c2ccccc2)=NN1c1ccccc1. The van der Waals surface area contributed by atoms with Gasteiger partial charge in [0.15, 0.2) is 0 Å². The van der Waals surface area contributed by atoms with Crippen LogP contribution in [0.2, 0.25) is 0 Å². The Morgan fingerprint density at radius 2 is 1.32 bits per heavy atom. The smallest absolute Gasteiger partial charge is 0.0829 e. The molecule has 0 saturated heterocycles. The first-order valence-electron chi connectivity index (χ1n) is 8.54. The van der Waals surface area contributed by atoms with Gasteiger partial charge in [-0.05, 0) is 23.3 Å². The highest BCUT2D eigenvalue weighted by atomic mass is 15.5. The Bertz CT molecular complexity index is 870. The minimum absolute atomic E-state index is 0.0833. The van der Waals surface area contributed by atoms with Crippen molar-refractivity contribution in [3.63, 3.8) is 0 Å². The molecule has 0 aliphatic carbocycles. The van der Waals surface area contributed by atoms with Crippen LogP contribution in [0.15, 0.2) is 109 Å². The molecule has 4 rings (SSSR count). The van der Waals surface area contributed by atoms with Gasteiger partial charge in [0.25, 0.3) is 0 Å². The van der Waals surface area contributed by atoms with Gasteiger partial charge in [0.2, 0.25) is 0 Å². The lowest BCUT2D eigenvalue weighted by Gasteiger charge is -2.25. The number of hydrazone groups is 1. The molecule has 1 aliphatic rings. The van der Waals surface area contributed by atoms with Crippen LogP contribution >= 0.6 is 0 Å². The Morgan fingerprint density at radius 3 is 1.92 bits per heavy atom. The maximum Gasteiger partial charge on any atom is 0.0829 e. The second kappa shape index (κ2) is 6.78. The van der Waals surface area contributed by atoms with Crippen molar-refractivity contribution in [1.29, 1.82) is 0 Å². The third-order valence-electron chi connectivity index (χ3n) is 4.62. The number of nitrogens with zero attached hydrogens (tertiary/aromatic N) is 2. The van der Waals surface area contributed by atoms with Gasteiger partial charge in [0.05, 0.1) is 23.4 Å². The average Bonchev–Trinajstić information content (AvgIpc) is 3.09. The molecule has 3 aromatic rings. The van der Waals surface area contributed by atoms with Crippen LogP contribution in [-0.4, -0.2) is 11.8 Å². The molecule has 0 amide bonds. The molecule has 1 aliphatic heterocycles. The highest BCUT2D eigenvalue weighted by Gasteiger charge is 2.37. The maximum atomic E-state index is 5.02. The number of para-hydroxylation sites is 1. The van der Waals surface area contributed by atoms with Gasteiger partial charge in [0, 0.05) is 0 Å². The summed E-state index contributed by atoms with van der Waals surface area (Å²) < 4.78 is 0. The van der Waals surface area contributed by atoms with E-state index in [0.717, 1.165) is 17.0 Å². The second-order valence-electron chi connectivity index (χ2n) is 6.15. The molecule has 0 radical (unpaired) electrons. The summed E-state index contributed by atoms with van der Waals surface area (Å²) in [5.74, 6) is 0.154. The van der Waals surface area contributed by atoms with Gasteiger partial charge < -0.3 is 0 Å². The summed E-state index contributed by atoms with van der Waals surface area (Å²) in [6.45, 7) is 4.11. The Morgan fingerprint density at radius 1 is 0.760 bits per heavy atom. The summed E-state index contributed by atoms with van der Waals surface area (Å²) in [6, 6.07) is 31.4. The largest absolute Gasteiger partial charge is 0.257 e. The van der Waals surface area contributed by atoms with E-state index in [1.165, 1.54) is 5.56 Å². The van der Waals surface area contributed by atoms with E-state index in [4.69, 9.17) is 5.10 Å². The predicted molar refractivity (Wildman–Crippen MR) is 105 cm³/mol. The van der Waals surface area contributed by atoms with Crippen molar-refractivity contribution < 1.29 is 0 Å². The van der Waals surface area contributed by atoms with Gasteiger partial charge >= 0.3 is 0 Å². The van der Waals surface area contributed by atoms with Crippen molar-refractivity contribution in [3.05, 3.63) is 115 Å². The first-order chi connectivity index (χ1) is 12.4. The molecular formula is C23H20N2. The fraction of sp³-hybridized carbons (Fsp3) is 0.0870. The molecule has 0 aromatic heterocycles. The minimum Gasteiger partial charge on any atom is -0.257 e. The molecule has 2 heteroatoms. The molecule has 0 N–H and O–H groups in total. The van der Waals surface area contributed by atoms with E-state index >= 15 is 0 Å². The van der Waals surface area contributed by atoms with Gasteiger partial charge in [-0.2, -0.15) is 5.10 Å². The number of hydrogen-bond donors (Lipinski definition) is 0. The summed E-state index contributed by atoms with van der Waals surface area (Å²) in [5.41, 5.74) is 4.58. The van der Waals surface area contributed by atoms with Gasteiger partial charge in [-0.3, -0.25) is 5.01 Å². The Labute approximate surface area is 148 Å². The molecule has 0 bridgehead atoms. The van der Waals surface area contributed by atoms with Gasteiger partial charge in [-0.15, -0.1) is 6.58 Å². The molecule has 3 aromatic carbocycles. The number of anilines is 1. The van der Waals surface area contributed by atoms with Crippen molar-refractivity contribution in [1.82, 2.24) is 0 Å². The van der Waals surface area contributed by atoms with Crippen molar-refractivity contribution in [3.8, 4) is 0 Å². The summed E-state index contributed by atoms with van der Waals surface area (Å²) in [7, 11) is 0. The van der Waals surface area contributed by atoms with Crippen LogP contribution in [0.5, 0.6) is 0 Å². The van der Waals surface area contributed by atoms with E-state index in [1.807, 2.05) is 30.3 Å². The van der Waals surface area contributed by atoms with E-state index in [-0.39, 0.29) is 12.0 Å². The molecule has 0 spiro atoms. The van der Waals surface area contributed by atoms with Crippen molar-refractivity contribution in [2.45, 2.75) is 12.0 Å². The Balaban J connectivity index is 1.86. The summed E-state index contributed by atoms with van der Waals surface area (Å²) >= 11 is 0. The van der Waals surface area contributed by atoms with Crippen LogP contribution in [0.25, 0.3) is 0 Å². The van der Waals surface area contributed by atoms with Crippen molar-refractivity contribution >= 4 is 11.4 Å². The summed E-state index contributed by atoms with van der Waals surface area (Å²) in [5, 5.41) is 7.11. The molecule has 1 heterocycles. The topological polar surface area (TPSA) is 15.6 Å². The number of rotatable bonds is 4. The number of hydrogen-bond acceptors (Lipinski definition) is 2. The Hall–Kier alpha value is -3.13. The van der Waals surface area contributed by atoms with Gasteiger partial charge in [0.1, 0.15) is 0 Å². The zero-order valence-corrected chi connectivity index (χ0v) is 14.0. The lowest BCUT2D eigenvalue weighted by Crippen LogP contribution is -2.30. The highest BCUT2D eigenvalue weighted by Crippen LogP contribution is 2.37. The van der Waals surface area contributed by atoms with Crippen molar-refractivity contribution in [2.24, 2.45) is 5.10 Å². The summed E-state index contributed by atoms with van der Waals surface area (Å²) in [6.07, 6.45) is 2.00. The van der Waals surface area contributed by atoms with Crippen LogP contribution in [0.1, 0.15) is 17.0 Å². The number of benzene rings is 3. The van der Waals surface area contributed by atoms with Crippen LogP contribution in [-0.2, 0) is 0 Å². The quantitative estimate of drug-likeness (QED) is 0.599. The molecule has 2 nitrogen and oxygen atoms in total. The van der Waals surface area contributed by atoms with Crippen LogP contribution in [0.4, 0.5) is 5.69 Å². The van der Waals surface area contributed by atoms with E-state index < -0.39 is 0 Å². The molecular weight excluding hydrogens is 304 g/mol. The zero-order chi connectivity index (χ0) is 17.1. The molecule has 0 unspecified atom stereocenters. The van der Waals surface area contributed by atoms with Crippen LogP contribution in [0, 0.1) is 0 Å². The molecule has 0 fully saturated rings.